The van der Waals surface area contributed by atoms with E-state index in [1.165, 1.54) is 26.2 Å². The van der Waals surface area contributed by atoms with Crippen LogP contribution in [0.3, 0.4) is 0 Å². The Labute approximate surface area is 228 Å². The molecule has 3 aromatic carbocycles. The van der Waals surface area contributed by atoms with Crippen molar-refractivity contribution in [2.75, 3.05) is 25.2 Å². The maximum atomic E-state index is 12.7. The van der Waals surface area contributed by atoms with Crippen molar-refractivity contribution in [1.82, 2.24) is 0 Å². The molecule has 40 heavy (non-hydrogen) atoms. The van der Waals surface area contributed by atoms with E-state index < -0.39 is 68.3 Å². The van der Waals surface area contributed by atoms with E-state index in [1.54, 1.807) is 0 Å². The first kappa shape index (κ1) is 31.3. The van der Waals surface area contributed by atoms with Crippen LogP contribution in [0.2, 0.25) is 0 Å². The van der Waals surface area contributed by atoms with E-state index in [9.17, 15) is 42.8 Å². The summed E-state index contributed by atoms with van der Waals surface area (Å²) in [6.45, 7) is 0.523. The highest BCUT2D eigenvalue weighted by molar-refractivity contribution is 7.91. The fraction of sp³-hybridized carbons (Fsp3) is 0.200. The molecule has 0 radical (unpaired) electrons. The molecule has 0 heterocycles. The molecule has 0 bridgehead atoms. The Morgan fingerprint density at radius 1 is 0.850 bits per heavy atom. The van der Waals surface area contributed by atoms with Crippen LogP contribution in [0.5, 0.6) is 5.75 Å². The molecule has 0 aliphatic rings. The average Bonchev–Trinajstić information content (AvgIpc) is 2.80. The molecule has 3 aromatic rings. The van der Waals surface area contributed by atoms with Crippen molar-refractivity contribution in [3.63, 3.8) is 0 Å². The molecule has 20 heteroatoms. The molecular weight excluding hydrogens is 618 g/mol. The third-order valence-corrected chi connectivity index (χ3v) is 9.34. The molecule has 0 saturated heterocycles. The molecule has 0 fully saturated rings. The van der Waals surface area contributed by atoms with Gasteiger partial charge in [0.05, 0.1) is 34.9 Å². The van der Waals surface area contributed by atoms with Gasteiger partial charge in [0.25, 0.3) is 20.2 Å². The number of hydrogen-bond donors (Lipinski definition) is 4. The van der Waals surface area contributed by atoms with Crippen LogP contribution >= 0.6 is 0 Å². The lowest BCUT2D eigenvalue weighted by molar-refractivity contribution is 0.284. The van der Waals surface area contributed by atoms with Gasteiger partial charge in [-0.3, -0.25) is 13.7 Å². The van der Waals surface area contributed by atoms with Crippen LogP contribution in [0.15, 0.2) is 61.3 Å². The number of hydrogen-bond acceptors (Lipinski definition) is 13. The Morgan fingerprint density at radius 3 is 2.05 bits per heavy atom. The summed E-state index contributed by atoms with van der Waals surface area (Å²) in [5.41, 5.74) is 5.13. The summed E-state index contributed by atoms with van der Waals surface area (Å²) in [6.07, 6.45) is 0. The number of methoxy groups -OCH3 is 1. The van der Waals surface area contributed by atoms with Gasteiger partial charge in [-0.1, -0.05) is 6.07 Å². The molecule has 0 atom stereocenters. The quantitative estimate of drug-likeness (QED) is 0.141. The van der Waals surface area contributed by atoms with E-state index in [-0.39, 0.29) is 38.4 Å². The first-order valence-electron chi connectivity index (χ1n) is 10.5. The van der Waals surface area contributed by atoms with Crippen LogP contribution < -0.4 is 10.5 Å². The topological polar surface area (TPSA) is 266 Å². The minimum absolute atomic E-state index is 0.0625. The summed E-state index contributed by atoms with van der Waals surface area (Å²) < 4.78 is 131. The number of anilines is 1. The summed E-state index contributed by atoms with van der Waals surface area (Å²) in [5, 5.41) is 7.92. The molecule has 0 saturated carbocycles. The van der Waals surface area contributed by atoms with Crippen LogP contribution in [0.1, 0.15) is 5.56 Å². The van der Waals surface area contributed by atoms with Crippen molar-refractivity contribution in [2.24, 2.45) is 10.2 Å². The molecule has 0 amide bonds. The maximum Gasteiger partial charge on any atom is 0.397 e. The third-order valence-electron chi connectivity index (χ3n) is 5.31. The molecule has 0 unspecified atom stereocenters. The Kier molecular flexibility index (Phi) is 8.58. The zero-order chi connectivity index (χ0) is 30.3. The maximum absolute atomic E-state index is 12.7. The SMILES string of the molecule is COc1cc(S(=O)(=O)CCOS(=O)(=O)O)c(C)cc1N=Nc1c(N)c(S(=O)(=O)O)cc2cc(S(=O)(=O)O)ccc12. The minimum Gasteiger partial charge on any atom is -0.494 e. The summed E-state index contributed by atoms with van der Waals surface area (Å²) in [6, 6.07) is 6.28. The fourth-order valence-electron chi connectivity index (χ4n) is 3.53. The third kappa shape index (κ3) is 7.09. The summed E-state index contributed by atoms with van der Waals surface area (Å²) in [5.74, 6) is -0.945. The fourth-order valence-corrected chi connectivity index (χ4v) is 6.46. The number of nitrogen functional groups attached to an aromatic ring is 1. The molecule has 5 N–H and O–H groups in total. The lowest BCUT2D eigenvalue weighted by atomic mass is 10.1. The van der Waals surface area contributed by atoms with E-state index >= 15 is 0 Å². The highest BCUT2D eigenvalue weighted by atomic mass is 32.3. The van der Waals surface area contributed by atoms with Gasteiger partial charge in [0.1, 0.15) is 22.0 Å². The standard InChI is InChI=1S/C20H21N3O13S4/c1-11-7-15(16(35-2)10-17(11)37(24,25)6-5-36-40(32,33)34)22-23-20-14-4-3-13(38(26,27)28)8-12(14)9-18(19(20)21)39(29,30)31/h3-4,7-10H,5-6,21H2,1-2H3,(H,26,27,28)(H,29,30,31)(H,32,33,34). The minimum atomic E-state index is -4.93. The number of aryl methyl sites for hydroxylation is 1. The van der Waals surface area contributed by atoms with E-state index in [1.807, 2.05) is 0 Å². The van der Waals surface area contributed by atoms with Gasteiger partial charge in [-0.2, -0.15) is 25.3 Å². The number of azo groups is 1. The van der Waals surface area contributed by atoms with Crippen molar-refractivity contribution in [3.05, 3.63) is 42.0 Å². The molecule has 16 nitrogen and oxygen atoms in total. The van der Waals surface area contributed by atoms with Crippen molar-refractivity contribution >= 4 is 68.3 Å². The molecule has 3 rings (SSSR count). The largest absolute Gasteiger partial charge is 0.494 e. The highest BCUT2D eigenvalue weighted by Crippen LogP contribution is 2.41. The molecule has 0 aliphatic carbocycles. The first-order chi connectivity index (χ1) is 18.2. The predicted octanol–water partition coefficient (Wildman–Crippen LogP) is 2.24. The summed E-state index contributed by atoms with van der Waals surface area (Å²) in [4.78, 5) is -1.68. The second-order valence-corrected chi connectivity index (χ2v) is 14.0. The van der Waals surface area contributed by atoms with Crippen LogP contribution in [0, 0.1) is 6.92 Å². The van der Waals surface area contributed by atoms with E-state index in [0.29, 0.717) is 0 Å². The number of fused-ring (bicyclic) bond motifs is 1. The van der Waals surface area contributed by atoms with Gasteiger partial charge in [-0.25, -0.2) is 12.6 Å². The van der Waals surface area contributed by atoms with Crippen LogP contribution in [-0.4, -0.2) is 66.8 Å². The van der Waals surface area contributed by atoms with Crippen molar-refractivity contribution in [3.8, 4) is 5.75 Å². The van der Waals surface area contributed by atoms with Gasteiger partial charge in [-0.15, -0.1) is 10.2 Å². The number of rotatable bonds is 10. The number of ether oxygens (including phenoxy) is 1. The number of nitrogens with zero attached hydrogens (tertiary/aromatic N) is 2. The van der Waals surface area contributed by atoms with Gasteiger partial charge >= 0.3 is 10.4 Å². The Bertz CT molecular complexity index is 1970. The normalized spacial score (nSPS) is 13.2. The Balaban J connectivity index is 2.16. The van der Waals surface area contributed by atoms with E-state index in [4.69, 9.17) is 15.0 Å². The summed E-state index contributed by atoms with van der Waals surface area (Å²) >= 11 is 0. The lowest BCUT2D eigenvalue weighted by Gasteiger charge is -2.12. The van der Waals surface area contributed by atoms with Gasteiger partial charge < -0.3 is 10.5 Å². The molecule has 218 valence electrons. The van der Waals surface area contributed by atoms with Gasteiger partial charge in [0, 0.05) is 11.5 Å². The molecule has 0 aliphatic heterocycles. The van der Waals surface area contributed by atoms with Crippen LogP contribution in [0.4, 0.5) is 17.1 Å². The van der Waals surface area contributed by atoms with Crippen molar-refractivity contribution in [2.45, 2.75) is 21.6 Å². The van der Waals surface area contributed by atoms with Gasteiger partial charge in [0.2, 0.25) is 0 Å². The molecular formula is C20H21N3O13S4. The molecule has 0 spiro atoms. The van der Waals surface area contributed by atoms with Gasteiger partial charge in [-0.05, 0) is 42.1 Å². The predicted molar refractivity (Wildman–Crippen MR) is 139 cm³/mol. The average molecular weight is 640 g/mol. The van der Waals surface area contributed by atoms with E-state index in [0.717, 1.165) is 24.3 Å². The number of sulfone groups is 1. The Morgan fingerprint density at radius 2 is 1.50 bits per heavy atom. The van der Waals surface area contributed by atoms with Gasteiger partial charge in [0.15, 0.2) is 9.84 Å². The summed E-state index contributed by atoms with van der Waals surface area (Å²) in [7, 11) is -17.4. The van der Waals surface area contributed by atoms with Crippen molar-refractivity contribution < 1.29 is 56.2 Å². The monoisotopic (exact) mass is 639 g/mol. The second-order valence-electron chi connectivity index (χ2n) is 8.03. The van der Waals surface area contributed by atoms with Crippen LogP contribution in [0.25, 0.3) is 10.8 Å². The Hall–Kier alpha value is -3.24. The van der Waals surface area contributed by atoms with E-state index in [2.05, 4.69) is 14.4 Å². The number of benzene rings is 3. The van der Waals surface area contributed by atoms with Crippen molar-refractivity contribution in [1.29, 1.82) is 0 Å². The number of nitrogens with two attached hydrogens (primary N) is 1. The first-order valence-corrected chi connectivity index (χ1v) is 16.4. The lowest BCUT2D eigenvalue weighted by Crippen LogP contribution is -2.16. The molecule has 0 aromatic heterocycles. The smallest absolute Gasteiger partial charge is 0.397 e. The second kappa shape index (κ2) is 11.0. The zero-order valence-electron chi connectivity index (χ0n) is 20.4. The van der Waals surface area contributed by atoms with Crippen LogP contribution in [-0.2, 0) is 44.7 Å². The zero-order valence-corrected chi connectivity index (χ0v) is 23.7. The highest BCUT2D eigenvalue weighted by Gasteiger charge is 2.23.